The summed E-state index contributed by atoms with van der Waals surface area (Å²) >= 11 is 0. The highest BCUT2D eigenvalue weighted by Gasteiger charge is 2.35. The lowest BCUT2D eigenvalue weighted by Gasteiger charge is -2.29. The van der Waals surface area contributed by atoms with Gasteiger partial charge in [-0.1, -0.05) is 0 Å². The van der Waals surface area contributed by atoms with Crippen LogP contribution < -0.4 is 10.1 Å². The van der Waals surface area contributed by atoms with Gasteiger partial charge in [0.25, 0.3) is 5.95 Å². The van der Waals surface area contributed by atoms with Crippen molar-refractivity contribution in [2.24, 2.45) is 0 Å². The van der Waals surface area contributed by atoms with Crippen molar-refractivity contribution < 1.29 is 13.5 Å². The maximum absolute atomic E-state index is 13.3. The number of hydrogen-bond donors (Lipinski definition) is 1. The summed E-state index contributed by atoms with van der Waals surface area (Å²) in [7, 11) is 0. The second-order valence-corrected chi connectivity index (χ2v) is 6.73. The van der Waals surface area contributed by atoms with Gasteiger partial charge in [0.05, 0.1) is 11.8 Å². The number of halogens is 2. The lowest BCUT2D eigenvalue weighted by Crippen LogP contribution is -2.32. The van der Waals surface area contributed by atoms with Crippen molar-refractivity contribution in [2.45, 2.75) is 64.5 Å². The Balaban J connectivity index is 1.82. The summed E-state index contributed by atoms with van der Waals surface area (Å²) in [6.07, 6.45) is 2.35. The van der Waals surface area contributed by atoms with Crippen LogP contribution >= 0.6 is 0 Å². The van der Waals surface area contributed by atoms with E-state index in [1.807, 2.05) is 26.8 Å². The number of rotatable bonds is 5. The Morgan fingerprint density at radius 1 is 1.28 bits per heavy atom. The van der Waals surface area contributed by atoms with E-state index in [1.54, 1.807) is 16.9 Å². The first-order valence-electron chi connectivity index (χ1n) is 8.53. The Morgan fingerprint density at radius 2 is 2.00 bits per heavy atom. The number of alkyl halides is 2. The third kappa shape index (κ3) is 4.64. The highest BCUT2D eigenvalue weighted by atomic mass is 19.3. The number of nitrogens with zero attached hydrogens (tertiary/aromatic N) is 4. The van der Waals surface area contributed by atoms with Gasteiger partial charge in [-0.3, -0.25) is 0 Å². The van der Waals surface area contributed by atoms with E-state index in [0.717, 1.165) is 5.69 Å². The third-order valence-electron chi connectivity index (χ3n) is 4.04. The summed E-state index contributed by atoms with van der Waals surface area (Å²) in [5.41, 5.74) is 0.850. The van der Waals surface area contributed by atoms with Gasteiger partial charge in [0.1, 0.15) is 5.82 Å². The van der Waals surface area contributed by atoms with Crippen LogP contribution in [0.5, 0.6) is 5.88 Å². The summed E-state index contributed by atoms with van der Waals surface area (Å²) in [6, 6.07) is 3.52. The Hall–Kier alpha value is -2.25. The molecule has 1 saturated carbocycles. The van der Waals surface area contributed by atoms with Crippen molar-refractivity contribution in [2.75, 3.05) is 5.32 Å². The van der Waals surface area contributed by atoms with E-state index >= 15 is 0 Å². The number of hydrogen-bond acceptors (Lipinski definition) is 5. The maximum Gasteiger partial charge on any atom is 0.255 e. The van der Waals surface area contributed by atoms with Crippen LogP contribution in [0.3, 0.4) is 0 Å². The van der Waals surface area contributed by atoms with Crippen molar-refractivity contribution in [3.63, 3.8) is 0 Å². The van der Waals surface area contributed by atoms with Gasteiger partial charge in [0, 0.05) is 31.1 Å². The average molecular weight is 351 g/mol. The van der Waals surface area contributed by atoms with Gasteiger partial charge in [0.2, 0.25) is 11.8 Å². The lowest BCUT2D eigenvalue weighted by molar-refractivity contribution is -0.0361. The van der Waals surface area contributed by atoms with E-state index in [4.69, 9.17) is 4.74 Å². The minimum atomic E-state index is -2.55. The van der Waals surface area contributed by atoms with Crippen LogP contribution in [0, 0.1) is 6.92 Å². The smallest absolute Gasteiger partial charge is 0.255 e. The number of anilines is 1. The van der Waals surface area contributed by atoms with Crippen LogP contribution in [0.4, 0.5) is 14.6 Å². The van der Waals surface area contributed by atoms with E-state index in [2.05, 4.69) is 20.4 Å². The number of aromatic nitrogens is 4. The molecule has 1 aliphatic rings. The summed E-state index contributed by atoms with van der Waals surface area (Å²) in [5, 5.41) is 7.56. The fourth-order valence-corrected chi connectivity index (χ4v) is 2.81. The summed E-state index contributed by atoms with van der Waals surface area (Å²) in [5.74, 6) is -1.18. The standard InChI is InChI=1S/C17H23F2N5O/c1-11(2)25-15-10-14(20-13-4-7-17(18,19)8-5-13)21-16(22-15)24-9-6-12(3)23-24/h6,9-11,13H,4-5,7-8H2,1-3H3,(H,20,21,22). The molecule has 1 fully saturated rings. The molecule has 136 valence electrons. The van der Waals surface area contributed by atoms with E-state index in [9.17, 15) is 8.78 Å². The van der Waals surface area contributed by atoms with Crippen LogP contribution in [-0.4, -0.2) is 37.8 Å². The molecule has 6 nitrogen and oxygen atoms in total. The topological polar surface area (TPSA) is 64.9 Å². The molecule has 1 aliphatic carbocycles. The van der Waals surface area contributed by atoms with E-state index < -0.39 is 5.92 Å². The molecule has 0 atom stereocenters. The highest BCUT2D eigenvalue weighted by molar-refractivity contribution is 5.42. The van der Waals surface area contributed by atoms with Crippen LogP contribution in [0.2, 0.25) is 0 Å². The zero-order valence-electron chi connectivity index (χ0n) is 14.7. The van der Waals surface area contributed by atoms with Gasteiger partial charge in [-0.05, 0) is 39.7 Å². The molecule has 0 aromatic carbocycles. The van der Waals surface area contributed by atoms with Crippen molar-refractivity contribution in [1.82, 2.24) is 19.7 Å². The minimum absolute atomic E-state index is 0.0337. The first-order chi connectivity index (χ1) is 11.8. The van der Waals surface area contributed by atoms with Gasteiger partial charge in [0.15, 0.2) is 0 Å². The van der Waals surface area contributed by atoms with E-state index in [-0.39, 0.29) is 25.0 Å². The molecular formula is C17H23F2N5O. The van der Waals surface area contributed by atoms with Crippen molar-refractivity contribution in [1.29, 1.82) is 0 Å². The van der Waals surface area contributed by atoms with Crippen LogP contribution in [0.15, 0.2) is 18.3 Å². The number of ether oxygens (including phenoxy) is 1. The van der Waals surface area contributed by atoms with Gasteiger partial charge in [-0.2, -0.15) is 15.1 Å². The highest BCUT2D eigenvalue weighted by Crippen LogP contribution is 2.34. The van der Waals surface area contributed by atoms with E-state index in [1.165, 1.54) is 0 Å². The molecule has 0 saturated heterocycles. The summed E-state index contributed by atoms with van der Waals surface area (Å²) in [6.45, 7) is 5.71. The predicted octanol–water partition coefficient (Wildman–Crippen LogP) is 3.75. The monoisotopic (exact) mass is 351 g/mol. The van der Waals surface area contributed by atoms with Crippen molar-refractivity contribution in [3.8, 4) is 11.8 Å². The molecule has 0 bridgehead atoms. The quantitative estimate of drug-likeness (QED) is 0.889. The van der Waals surface area contributed by atoms with Crippen LogP contribution in [0.1, 0.15) is 45.2 Å². The molecule has 0 spiro atoms. The Morgan fingerprint density at radius 3 is 2.60 bits per heavy atom. The Kier molecular flexibility index (Phi) is 4.87. The van der Waals surface area contributed by atoms with Crippen molar-refractivity contribution in [3.05, 3.63) is 24.0 Å². The first kappa shape index (κ1) is 17.6. The van der Waals surface area contributed by atoms with E-state index in [0.29, 0.717) is 30.5 Å². The number of nitrogens with one attached hydrogen (secondary N) is 1. The molecule has 25 heavy (non-hydrogen) atoms. The molecule has 2 aromatic rings. The zero-order valence-corrected chi connectivity index (χ0v) is 14.7. The molecule has 0 radical (unpaired) electrons. The second-order valence-electron chi connectivity index (χ2n) is 6.73. The Labute approximate surface area is 145 Å². The van der Waals surface area contributed by atoms with Gasteiger partial charge in [-0.15, -0.1) is 0 Å². The molecule has 0 amide bonds. The molecule has 2 heterocycles. The van der Waals surface area contributed by atoms with Gasteiger partial charge < -0.3 is 10.1 Å². The molecule has 3 rings (SSSR count). The molecule has 0 unspecified atom stereocenters. The molecular weight excluding hydrogens is 328 g/mol. The van der Waals surface area contributed by atoms with Gasteiger partial charge >= 0.3 is 0 Å². The van der Waals surface area contributed by atoms with Crippen LogP contribution in [-0.2, 0) is 0 Å². The fraction of sp³-hybridized carbons (Fsp3) is 0.588. The molecule has 2 aromatic heterocycles. The average Bonchev–Trinajstić information content (AvgIpc) is 2.95. The maximum atomic E-state index is 13.3. The predicted molar refractivity (Wildman–Crippen MR) is 90.5 cm³/mol. The second kappa shape index (κ2) is 6.93. The van der Waals surface area contributed by atoms with Gasteiger partial charge in [-0.25, -0.2) is 13.5 Å². The van der Waals surface area contributed by atoms with Crippen LogP contribution in [0.25, 0.3) is 5.95 Å². The SMILES string of the molecule is Cc1ccn(-c2nc(NC3CCC(F)(F)CC3)cc(OC(C)C)n2)n1. The zero-order chi connectivity index (χ0) is 18.0. The molecule has 0 aliphatic heterocycles. The third-order valence-corrected chi connectivity index (χ3v) is 4.04. The minimum Gasteiger partial charge on any atom is -0.475 e. The molecule has 8 heteroatoms. The summed E-state index contributed by atoms with van der Waals surface area (Å²) in [4.78, 5) is 8.85. The lowest BCUT2D eigenvalue weighted by atomic mass is 9.92. The summed E-state index contributed by atoms with van der Waals surface area (Å²) < 4.78 is 33.9. The fourth-order valence-electron chi connectivity index (χ4n) is 2.81. The molecule has 1 N–H and O–H groups in total. The Bertz CT molecular complexity index is 722. The largest absolute Gasteiger partial charge is 0.475 e. The van der Waals surface area contributed by atoms with Crippen molar-refractivity contribution >= 4 is 5.82 Å². The first-order valence-corrected chi connectivity index (χ1v) is 8.53. The normalized spacial score (nSPS) is 17.7. The number of aryl methyl sites for hydroxylation is 1.